The molecule has 3 aliphatic rings. The summed E-state index contributed by atoms with van der Waals surface area (Å²) in [6, 6.07) is 0. The molecule has 0 unspecified atom stereocenters. The zero-order valence-corrected chi connectivity index (χ0v) is 18.9. The van der Waals surface area contributed by atoms with Gasteiger partial charge < -0.3 is 23.7 Å². The standard InChI is InChI=1S/C23H28O9/c1-11(2)21(26)30-17-8-12(3)7-15(29-14(5)25)9-23(6)20(32-23)19-18(17)16(22(27)31-19)10-28-13(4)24/h7,15,17,19-20H,1,8-10H2,2-6H3/b12-7+/t15-,17+,19+,20+,23-/m1/s1. The first-order valence-corrected chi connectivity index (χ1v) is 10.4. The molecule has 0 aromatic rings. The Hall–Kier alpha value is -2.94. The lowest BCUT2D eigenvalue weighted by Gasteiger charge is -2.26. The van der Waals surface area contributed by atoms with E-state index in [1.165, 1.54) is 20.8 Å². The molecule has 0 N–H and O–H groups in total. The minimum absolute atomic E-state index is 0.132. The van der Waals surface area contributed by atoms with Gasteiger partial charge in [0, 0.05) is 37.8 Å². The zero-order valence-electron chi connectivity index (χ0n) is 18.9. The number of carbonyl (C=O) groups excluding carboxylic acids is 4. The Labute approximate surface area is 186 Å². The number of hydrogen-bond donors (Lipinski definition) is 0. The third-order valence-electron chi connectivity index (χ3n) is 5.62. The molecule has 9 nitrogen and oxygen atoms in total. The summed E-state index contributed by atoms with van der Waals surface area (Å²) in [5.41, 5.74) is 0.782. The fourth-order valence-electron chi connectivity index (χ4n) is 4.13. The summed E-state index contributed by atoms with van der Waals surface area (Å²) in [7, 11) is 0. The second kappa shape index (κ2) is 8.90. The Kier molecular flexibility index (Phi) is 6.59. The average molecular weight is 448 g/mol. The number of esters is 4. The summed E-state index contributed by atoms with van der Waals surface area (Å²) in [5, 5.41) is 0. The highest BCUT2D eigenvalue weighted by molar-refractivity contribution is 5.94. The van der Waals surface area contributed by atoms with Crippen molar-refractivity contribution in [2.24, 2.45) is 0 Å². The number of fused-ring (bicyclic) bond motifs is 3. The normalized spacial score (nSPS) is 33.0. The number of ether oxygens (including phenoxy) is 5. The van der Waals surface area contributed by atoms with Crippen molar-refractivity contribution < 1.29 is 42.9 Å². The van der Waals surface area contributed by atoms with Crippen LogP contribution in [0.3, 0.4) is 0 Å². The van der Waals surface area contributed by atoms with Crippen molar-refractivity contribution in [2.45, 2.75) is 77.5 Å². The number of rotatable bonds is 5. The van der Waals surface area contributed by atoms with Crippen LogP contribution in [0.25, 0.3) is 0 Å². The quantitative estimate of drug-likeness (QED) is 0.205. The van der Waals surface area contributed by atoms with Crippen LogP contribution in [0, 0.1) is 0 Å². The van der Waals surface area contributed by atoms with Crippen LogP contribution < -0.4 is 0 Å². The van der Waals surface area contributed by atoms with E-state index >= 15 is 0 Å². The number of carbonyl (C=O) groups is 4. The van der Waals surface area contributed by atoms with Gasteiger partial charge in [0.15, 0.2) is 6.10 Å². The van der Waals surface area contributed by atoms with E-state index < -0.39 is 53.9 Å². The summed E-state index contributed by atoms with van der Waals surface area (Å²) < 4.78 is 27.7. The minimum atomic E-state index is -0.887. The molecule has 0 radical (unpaired) electrons. The highest BCUT2D eigenvalue weighted by Gasteiger charge is 2.62. The van der Waals surface area contributed by atoms with Gasteiger partial charge in [-0.15, -0.1) is 0 Å². The summed E-state index contributed by atoms with van der Waals surface area (Å²) in [4.78, 5) is 48.1. The van der Waals surface area contributed by atoms with Crippen molar-refractivity contribution in [1.29, 1.82) is 0 Å². The minimum Gasteiger partial charge on any atom is -0.461 e. The van der Waals surface area contributed by atoms with Gasteiger partial charge in [0.25, 0.3) is 0 Å². The Morgan fingerprint density at radius 1 is 1.19 bits per heavy atom. The molecule has 0 bridgehead atoms. The molecule has 3 rings (SSSR count). The summed E-state index contributed by atoms with van der Waals surface area (Å²) in [6.45, 7) is 11.0. The molecular formula is C23H28O9. The van der Waals surface area contributed by atoms with Crippen LogP contribution >= 0.6 is 0 Å². The molecule has 9 heteroatoms. The molecule has 1 fully saturated rings. The molecule has 0 aromatic carbocycles. The molecule has 0 aromatic heterocycles. The van der Waals surface area contributed by atoms with E-state index in [1.54, 1.807) is 6.08 Å². The number of epoxide rings is 1. The SMILES string of the molecule is C=C(C)C(=O)O[C@H]1C/C(C)=C/[C@@H](OC(C)=O)C[C@@]2(C)O[C@H]2[C@H]2OC(=O)C(COC(C)=O)=C12. The van der Waals surface area contributed by atoms with Crippen LogP contribution in [0.2, 0.25) is 0 Å². The lowest BCUT2D eigenvalue weighted by molar-refractivity contribution is -0.145. The van der Waals surface area contributed by atoms with Crippen LogP contribution in [-0.2, 0) is 42.9 Å². The molecular weight excluding hydrogens is 420 g/mol. The van der Waals surface area contributed by atoms with Crippen LogP contribution in [0.5, 0.6) is 0 Å². The smallest absolute Gasteiger partial charge is 0.338 e. The van der Waals surface area contributed by atoms with Crippen molar-refractivity contribution >= 4 is 23.9 Å². The van der Waals surface area contributed by atoms with Crippen LogP contribution in [0.1, 0.15) is 47.5 Å². The van der Waals surface area contributed by atoms with Gasteiger partial charge in [-0.05, 0) is 26.8 Å². The fraction of sp³-hybridized carbons (Fsp3) is 0.565. The second-order valence-corrected chi connectivity index (χ2v) is 8.63. The van der Waals surface area contributed by atoms with Crippen LogP contribution in [0.4, 0.5) is 0 Å². The largest absolute Gasteiger partial charge is 0.461 e. The van der Waals surface area contributed by atoms with Crippen molar-refractivity contribution in [3.8, 4) is 0 Å². The lowest BCUT2D eigenvalue weighted by atomic mass is 9.86. The molecule has 174 valence electrons. The fourth-order valence-corrected chi connectivity index (χ4v) is 4.13. The van der Waals surface area contributed by atoms with Gasteiger partial charge in [-0.25, -0.2) is 9.59 Å². The summed E-state index contributed by atoms with van der Waals surface area (Å²) >= 11 is 0. The Balaban J connectivity index is 2.07. The lowest BCUT2D eigenvalue weighted by Crippen LogP contribution is -2.35. The van der Waals surface area contributed by atoms with Gasteiger partial charge in [0.05, 0.1) is 5.57 Å². The van der Waals surface area contributed by atoms with E-state index in [-0.39, 0.29) is 24.2 Å². The Morgan fingerprint density at radius 3 is 2.47 bits per heavy atom. The number of hydrogen-bond acceptors (Lipinski definition) is 9. The maximum Gasteiger partial charge on any atom is 0.338 e. The van der Waals surface area contributed by atoms with Crippen molar-refractivity contribution in [1.82, 2.24) is 0 Å². The van der Waals surface area contributed by atoms with E-state index in [9.17, 15) is 19.2 Å². The van der Waals surface area contributed by atoms with Gasteiger partial charge in [-0.2, -0.15) is 0 Å². The van der Waals surface area contributed by atoms with Gasteiger partial charge >= 0.3 is 23.9 Å². The molecule has 5 atom stereocenters. The van der Waals surface area contributed by atoms with Gasteiger partial charge in [-0.1, -0.05) is 12.2 Å². The summed E-state index contributed by atoms with van der Waals surface area (Å²) in [5.74, 6) is -2.28. The van der Waals surface area contributed by atoms with E-state index in [0.717, 1.165) is 5.57 Å². The maximum absolute atomic E-state index is 12.7. The Bertz CT molecular complexity index is 928. The highest BCUT2D eigenvalue weighted by atomic mass is 16.7. The molecule has 32 heavy (non-hydrogen) atoms. The van der Waals surface area contributed by atoms with Gasteiger partial charge in [0.1, 0.15) is 30.5 Å². The van der Waals surface area contributed by atoms with Crippen LogP contribution in [-0.4, -0.2) is 60.5 Å². The molecule has 0 spiro atoms. The molecule has 2 aliphatic heterocycles. The zero-order chi connectivity index (χ0) is 23.8. The van der Waals surface area contributed by atoms with Crippen LogP contribution in [0.15, 0.2) is 34.9 Å². The maximum atomic E-state index is 12.7. The van der Waals surface area contributed by atoms with Crippen molar-refractivity contribution in [2.75, 3.05) is 6.61 Å². The van der Waals surface area contributed by atoms with Crippen molar-refractivity contribution in [3.63, 3.8) is 0 Å². The summed E-state index contributed by atoms with van der Waals surface area (Å²) in [6.07, 6.45) is -0.434. The third kappa shape index (κ3) is 5.09. The molecule has 1 aliphatic carbocycles. The topological polar surface area (TPSA) is 118 Å². The monoisotopic (exact) mass is 448 g/mol. The molecule has 1 saturated heterocycles. The van der Waals surface area contributed by atoms with E-state index in [4.69, 9.17) is 23.7 Å². The third-order valence-corrected chi connectivity index (χ3v) is 5.62. The van der Waals surface area contributed by atoms with E-state index in [1.807, 2.05) is 13.8 Å². The van der Waals surface area contributed by atoms with E-state index in [2.05, 4.69) is 6.58 Å². The first-order valence-electron chi connectivity index (χ1n) is 10.4. The van der Waals surface area contributed by atoms with Gasteiger partial charge in [0.2, 0.25) is 0 Å². The first-order chi connectivity index (χ1) is 14.9. The molecule has 0 saturated carbocycles. The predicted octanol–water partition coefficient (Wildman–Crippen LogP) is 2.09. The second-order valence-electron chi connectivity index (χ2n) is 8.63. The Morgan fingerprint density at radius 2 is 1.88 bits per heavy atom. The first kappa shape index (κ1) is 23.7. The molecule has 0 amide bonds. The van der Waals surface area contributed by atoms with Crippen molar-refractivity contribution in [3.05, 3.63) is 34.9 Å². The molecule has 2 heterocycles. The predicted molar refractivity (Wildman–Crippen MR) is 110 cm³/mol. The van der Waals surface area contributed by atoms with Gasteiger partial charge in [-0.3, -0.25) is 9.59 Å². The van der Waals surface area contributed by atoms with E-state index in [0.29, 0.717) is 12.0 Å². The average Bonchev–Trinajstić information content (AvgIpc) is 3.19. The highest BCUT2D eigenvalue weighted by Crippen LogP contribution is 2.49.